The zero-order chi connectivity index (χ0) is 32.6. The molecule has 0 aliphatic rings. The van der Waals surface area contributed by atoms with E-state index in [9.17, 15) is 19.5 Å². The third kappa shape index (κ3) is 11.8. The first-order chi connectivity index (χ1) is 21.7. The third-order valence-corrected chi connectivity index (χ3v) is 7.47. The number of nitrogens with zero attached hydrogens (tertiary/aromatic N) is 5. The first kappa shape index (κ1) is 34.9. The van der Waals surface area contributed by atoms with Gasteiger partial charge in [-0.05, 0) is 37.1 Å². The van der Waals surface area contributed by atoms with E-state index in [0.29, 0.717) is 30.0 Å². The number of rotatable bonds is 20. The fraction of sp³-hybridized carbons (Fsp3) is 0.531. The maximum absolute atomic E-state index is 12.8. The SMILES string of the molecule is CCCCCCCCCCCCOC(=O)CC[C@H](NC(=O)c1ccc(N(C)Cc2cnc3nc(N)nc(N)c3n2)cc1)C(=O)O. The molecule has 13 heteroatoms. The summed E-state index contributed by atoms with van der Waals surface area (Å²) in [5.74, 6) is -2.06. The van der Waals surface area contributed by atoms with Crippen molar-refractivity contribution in [3.63, 3.8) is 0 Å². The number of unbranched alkanes of at least 4 members (excludes halogenated alkanes) is 9. The number of carboxylic acid groups (broad SMARTS) is 1. The van der Waals surface area contributed by atoms with E-state index in [1.165, 1.54) is 44.9 Å². The number of aromatic nitrogens is 4. The van der Waals surface area contributed by atoms with E-state index in [1.54, 1.807) is 30.5 Å². The Kier molecular flexibility index (Phi) is 14.2. The third-order valence-electron chi connectivity index (χ3n) is 7.47. The lowest BCUT2D eigenvalue weighted by atomic mass is 10.1. The molecule has 0 saturated heterocycles. The Balaban J connectivity index is 1.39. The number of nitrogens with one attached hydrogen (secondary N) is 1. The first-order valence-corrected chi connectivity index (χ1v) is 15.7. The number of aliphatic carboxylic acids is 1. The van der Waals surface area contributed by atoms with Crippen molar-refractivity contribution >= 4 is 46.5 Å². The number of hydrogen-bond donors (Lipinski definition) is 4. The minimum absolute atomic E-state index is 0.0234. The molecule has 0 unspecified atom stereocenters. The summed E-state index contributed by atoms with van der Waals surface area (Å²) < 4.78 is 5.27. The van der Waals surface area contributed by atoms with Gasteiger partial charge in [0.1, 0.15) is 6.04 Å². The van der Waals surface area contributed by atoms with E-state index in [-0.39, 0.29) is 30.2 Å². The molecule has 1 aromatic carbocycles. The molecule has 0 aliphatic carbocycles. The Morgan fingerprint density at radius 1 is 0.933 bits per heavy atom. The number of anilines is 3. The summed E-state index contributed by atoms with van der Waals surface area (Å²) in [6, 6.07) is 5.45. The number of nitrogens with two attached hydrogens (primary N) is 2. The fourth-order valence-electron chi connectivity index (χ4n) is 4.87. The van der Waals surface area contributed by atoms with E-state index in [1.807, 2.05) is 11.9 Å². The van der Waals surface area contributed by atoms with Crippen LogP contribution in [0.15, 0.2) is 30.5 Å². The standard InChI is InChI=1S/C32H46N8O5/c1-3-4-5-6-7-8-9-10-11-12-19-45-26(41)18-17-25(31(43)44)37-30(42)22-13-15-24(16-14-22)40(2)21-23-20-35-29-27(36-23)28(33)38-32(34)39-29/h13-16,20,25H,3-12,17-19,21H2,1-2H3,(H,37,42)(H,43,44)(H4,33,34,35,38,39)/t25-/m0/s1. The molecule has 3 aromatic rings. The number of carbonyl (C=O) groups is 3. The minimum Gasteiger partial charge on any atom is -0.480 e. The van der Waals surface area contributed by atoms with E-state index in [4.69, 9.17) is 16.2 Å². The lowest BCUT2D eigenvalue weighted by Crippen LogP contribution is -2.41. The first-order valence-electron chi connectivity index (χ1n) is 15.7. The normalized spacial score (nSPS) is 11.7. The van der Waals surface area contributed by atoms with Crippen LogP contribution in [0.25, 0.3) is 11.2 Å². The van der Waals surface area contributed by atoms with Crippen molar-refractivity contribution in [2.24, 2.45) is 0 Å². The second kappa shape index (κ2) is 18.3. The van der Waals surface area contributed by atoms with Crippen LogP contribution in [-0.2, 0) is 20.9 Å². The summed E-state index contributed by atoms with van der Waals surface area (Å²) in [5.41, 5.74) is 13.9. The number of ether oxygens (including phenoxy) is 1. The summed E-state index contributed by atoms with van der Waals surface area (Å²) in [7, 11) is 1.85. The van der Waals surface area contributed by atoms with Crippen molar-refractivity contribution in [2.45, 2.75) is 96.6 Å². The van der Waals surface area contributed by atoms with Crippen LogP contribution in [0.2, 0.25) is 0 Å². The van der Waals surface area contributed by atoms with Gasteiger partial charge in [0, 0.05) is 24.7 Å². The van der Waals surface area contributed by atoms with Crippen molar-refractivity contribution in [3.05, 3.63) is 41.7 Å². The molecule has 0 aliphatic heterocycles. The molecule has 13 nitrogen and oxygen atoms in total. The van der Waals surface area contributed by atoms with Gasteiger partial charge in [-0.2, -0.15) is 9.97 Å². The van der Waals surface area contributed by atoms with Crippen LogP contribution in [0, 0.1) is 0 Å². The monoisotopic (exact) mass is 622 g/mol. The topological polar surface area (TPSA) is 200 Å². The van der Waals surface area contributed by atoms with Gasteiger partial charge in [-0.25, -0.2) is 14.8 Å². The Hall–Kier alpha value is -4.55. The van der Waals surface area contributed by atoms with Gasteiger partial charge < -0.3 is 31.5 Å². The highest BCUT2D eigenvalue weighted by Gasteiger charge is 2.22. The molecule has 3 rings (SSSR count). The van der Waals surface area contributed by atoms with Gasteiger partial charge >= 0.3 is 11.9 Å². The van der Waals surface area contributed by atoms with Crippen LogP contribution < -0.4 is 21.7 Å². The van der Waals surface area contributed by atoms with Gasteiger partial charge in [0.25, 0.3) is 5.91 Å². The number of carbonyl (C=O) groups excluding carboxylic acids is 2. The summed E-state index contributed by atoms with van der Waals surface area (Å²) in [6.45, 7) is 2.93. The Morgan fingerprint density at radius 2 is 1.58 bits per heavy atom. The Morgan fingerprint density at radius 3 is 2.22 bits per heavy atom. The predicted molar refractivity (Wildman–Crippen MR) is 173 cm³/mol. The van der Waals surface area contributed by atoms with Crippen LogP contribution in [0.3, 0.4) is 0 Å². The largest absolute Gasteiger partial charge is 0.480 e. The van der Waals surface area contributed by atoms with Crippen molar-refractivity contribution in [3.8, 4) is 0 Å². The smallest absolute Gasteiger partial charge is 0.326 e. The molecule has 0 saturated carbocycles. The fourth-order valence-corrected chi connectivity index (χ4v) is 4.87. The van der Waals surface area contributed by atoms with Crippen LogP contribution in [0.1, 0.15) is 100 Å². The molecule has 0 bridgehead atoms. The minimum atomic E-state index is -1.22. The molecule has 45 heavy (non-hydrogen) atoms. The summed E-state index contributed by atoms with van der Waals surface area (Å²) >= 11 is 0. The number of nitrogen functional groups attached to an aromatic ring is 2. The van der Waals surface area contributed by atoms with Crippen molar-refractivity contribution < 1.29 is 24.2 Å². The molecule has 0 spiro atoms. The zero-order valence-corrected chi connectivity index (χ0v) is 26.3. The van der Waals surface area contributed by atoms with Gasteiger partial charge in [-0.15, -0.1) is 0 Å². The van der Waals surface area contributed by atoms with Crippen molar-refractivity contribution in [1.29, 1.82) is 0 Å². The van der Waals surface area contributed by atoms with E-state index in [0.717, 1.165) is 24.9 Å². The van der Waals surface area contributed by atoms with Crippen LogP contribution in [-0.4, -0.2) is 62.6 Å². The average Bonchev–Trinajstić information content (AvgIpc) is 3.02. The lowest BCUT2D eigenvalue weighted by Gasteiger charge is -2.19. The predicted octanol–water partition coefficient (Wildman–Crippen LogP) is 4.65. The molecule has 1 atom stereocenters. The summed E-state index contributed by atoms with van der Waals surface area (Å²) in [6.07, 6.45) is 13.3. The highest BCUT2D eigenvalue weighted by molar-refractivity contribution is 5.97. The Bertz CT molecular complexity index is 1400. The molecule has 6 N–H and O–H groups in total. The second-order valence-electron chi connectivity index (χ2n) is 11.2. The highest BCUT2D eigenvalue weighted by Crippen LogP contribution is 2.19. The summed E-state index contributed by atoms with van der Waals surface area (Å²) in [5, 5.41) is 12.1. The molecule has 2 heterocycles. The van der Waals surface area contributed by atoms with Gasteiger partial charge in [0.05, 0.1) is 25.0 Å². The number of amides is 1. The van der Waals surface area contributed by atoms with Gasteiger partial charge in [-0.3, -0.25) is 9.59 Å². The Labute approximate surface area is 264 Å². The van der Waals surface area contributed by atoms with Gasteiger partial charge in [0.15, 0.2) is 17.0 Å². The lowest BCUT2D eigenvalue weighted by molar-refractivity contribution is -0.144. The van der Waals surface area contributed by atoms with Gasteiger partial charge in [-0.1, -0.05) is 64.7 Å². The molecule has 244 valence electrons. The number of fused-ring (bicyclic) bond motifs is 1. The molecule has 2 aromatic heterocycles. The molecule has 0 fully saturated rings. The maximum Gasteiger partial charge on any atom is 0.326 e. The maximum atomic E-state index is 12.8. The number of benzene rings is 1. The van der Waals surface area contributed by atoms with E-state index in [2.05, 4.69) is 32.2 Å². The average molecular weight is 623 g/mol. The van der Waals surface area contributed by atoms with Crippen molar-refractivity contribution in [2.75, 3.05) is 30.0 Å². The number of carboxylic acids is 1. The number of esters is 1. The molecular formula is C32H46N8O5. The highest BCUT2D eigenvalue weighted by atomic mass is 16.5. The second-order valence-corrected chi connectivity index (χ2v) is 11.2. The summed E-state index contributed by atoms with van der Waals surface area (Å²) in [4.78, 5) is 55.3. The zero-order valence-electron chi connectivity index (χ0n) is 26.3. The van der Waals surface area contributed by atoms with Crippen LogP contribution >= 0.6 is 0 Å². The van der Waals surface area contributed by atoms with Crippen molar-refractivity contribution in [1.82, 2.24) is 25.3 Å². The van der Waals surface area contributed by atoms with Crippen LogP contribution in [0.5, 0.6) is 0 Å². The van der Waals surface area contributed by atoms with E-state index >= 15 is 0 Å². The van der Waals surface area contributed by atoms with E-state index < -0.39 is 23.9 Å². The van der Waals surface area contributed by atoms with Crippen LogP contribution in [0.4, 0.5) is 17.5 Å². The molecule has 0 radical (unpaired) electrons. The number of hydrogen-bond acceptors (Lipinski definition) is 11. The quantitative estimate of drug-likeness (QED) is 0.101. The molecule has 1 amide bonds. The van der Waals surface area contributed by atoms with Gasteiger partial charge in [0.2, 0.25) is 5.95 Å². The molecular weight excluding hydrogens is 576 g/mol.